The molecule has 0 aromatic heterocycles. The van der Waals surface area contributed by atoms with E-state index in [1.807, 2.05) is 0 Å². The Labute approximate surface area is 129 Å². The Bertz CT molecular complexity index is 335. The van der Waals surface area contributed by atoms with Crippen molar-refractivity contribution in [3.8, 4) is 0 Å². The van der Waals surface area contributed by atoms with Crippen LogP contribution in [0.5, 0.6) is 0 Å². The van der Waals surface area contributed by atoms with E-state index in [1.54, 1.807) is 0 Å². The maximum Gasteiger partial charge on any atom is 0.239 e. The fraction of sp³-hybridized carbons (Fsp3) is 0.941. The second kappa shape index (κ2) is 7.59. The second-order valence-corrected chi connectivity index (χ2v) is 7.10. The molecule has 3 N–H and O–H groups in total. The molecule has 21 heavy (non-hydrogen) atoms. The molecule has 0 spiro atoms. The minimum absolute atomic E-state index is 0.154. The van der Waals surface area contributed by atoms with Crippen molar-refractivity contribution < 1.29 is 4.79 Å². The molecule has 2 saturated carbocycles. The van der Waals surface area contributed by atoms with Gasteiger partial charge in [0.05, 0.1) is 0 Å². The van der Waals surface area contributed by atoms with Crippen molar-refractivity contribution in [3.63, 3.8) is 0 Å². The number of carbonyl (C=O) groups is 1. The normalized spacial score (nSPS) is 23.8. The van der Waals surface area contributed by atoms with Crippen LogP contribution in [0.1, 0.15) is 64.7 Å². The van der Waals surface area contributed by atoms with Gasteiger partial charge in [0.2, 0.25) is 5.91 Å². The lowest BCUT2D eigenvalue weighted by Crippen LogP contribution is -2.63. The molecule has 2 aliphatic rings. The van der Waals surface area contributed by atoms with E-state index in [9.17, 15) is 4.79 Å². The predicted molar refractivity (Wildman–Crippen MR) is 87.1 cm³/mol. The van der Waals surface area contributed by atoms with Gasteiger partial charge in [-0.3, -0.25) is 4.79 Å². The Kier molecular flexibility index (Phi) is 6.06. The number of rotatable bonds is 8. The van der Waals surface area contributed by atoms with E-state index in [0.29, 0.717) is 12.0 Å². The molecule has 122 valence electrons. The van der Waals surface area contributed by atoms with E-state index in [1.165, 1.54) is 38.5 Å². The van der Waals surface area contributed by atoms with E-state index in [4.69, 9.17) is 5.73 Å². The smallest absolute Gasteiger partial charge is 0.239 e. The van der Waals surface area contributed by atoms with Gasteiger partial charge in [0.1, 0.15) is 5.54 Å². The molecule has 0 heterocycles. The lowest BCUT2D eigenvalue weighted by atomic mass is 9.90. The minimum atomic E-state index is -0.503. The van der Waals surface area contributed by atoms with Gasteiger partial charge in [-0.15, -0.1) is 0 Å². The highest BCUT2D eigenvalue weighted by atomic mass is 16.1. The monoisotopic (exact) mass is 295 g/mol. The second-order valence-electron chi connectivity index (χ2n) is 7.10. The van der Waals surface area contributed by atoms with Crippen molar-refractivity contribution in [2.45, 2.75) is 76.3 Å². The molecule has 0 bridgehead atoms. The van der Waals surface area contributed by atoms with E-state index in [-0.39, 0.29) is 5.91 Å². The van der Waals surface area contributed by atoms with Gasteiger partial charge < -0.3 is 16.0 Å². The third-order valence-corrected chi connectivity index (χ3v) is 5.35. The highest BCUT2D eigenvalue weighted by Gasteiger charge is 2.50. The average molecular weight is 295 g/mol. The van der Waals surface area contributed by atoms with Crippen LogP contribution < -0.4 is 11.1 Å². The number of nitrogens with two attached hydrogens (primary N) is 1. The first kappa shape index (κ1) is 16.8. The molecule has 0 saturated heterocycles. The first-order valence-electron chi connectivity index (χ1n) is 8.85. The molecule has 0 radical (unpaired) electrons. The zero-order valence-electron chi connectivity index (χ0n) is 13.9. The Morgan fingerprint density at radius 1 is 1.19 bits per heavy atom. The zero-order chi connectivity index (χ0) is 15.3. The maximum absolute atomic E-state index is 12.2. The first-order valence-corrected chi connectivity index (χ1v) is 8.85. The number of amides is 1. The molecule has 2 aliphatic carbocycles. The van der Waals surface area contributed by atoms with Crippen LogP contribution in [0, 0.1) is 5.92 Å². The standard InChI is InChI=1S/C17H33N3O/c1-3-12-19-17(16(18)21,14-10-11-14)13-20(2)15-8-6-4-5-7-9-15/h14-15,19H,3-13H2,1-2H3,(H2,18,21). The summed E-state index contributed by atoms with van der Waals surface area (Å²) in [6.45, 7) is 3.79. The minimum Gasteiger partial charge on any atom is -0.368 e. The van der Waals surface area contributed by atoms with Crippen LogP contribution in [-0.2, 0) is 4.79 Å². The number of primary amides is 1. The van der Waals surface area contributed by atoms with Crippen molar-refractivity contribution >= 4 is 5.91 Å². The largest absolute Gasteiger partial charge is 0.368 e. The van der Waals surface area contributed by atoms with Gasteiger partial charge in [0.15, 0.2) is 0 Å². The van der Waals surface area contributed by atoms with Gasteiger partial charge in [-0.2, -0.15) is 0 Å². The number of hydrogen-bond acceptors (Lipinski definition) is 3. The summed E-state index contributed by atoms with van der Waals surface area (Å²) in [6.07, 6.45) is 11.2. The van der Waals surface area contributed by atoms with Crippen molar-refractivity contribution in [2.24, 2.45) is 11.7 Å². The van der Waals surface area contributed by atoms with Gasteiger partial charge in [-0.25, -0.2) is 0 Å². The summed E-state index contributed by atoms with van der Waals surface area (Å²) < 4.78 is 0. The molecular weight excluding hydrogens is 262 g/mol. The van der Waals surface area contributed by atoms with Crippen molar-refractivity contribution in [1.82, 2.24) is 10.2 Å². The Morgan fingerprint density at radius 3 is 2.29 bits per heavy atom. The van der Waals surface area contributed by atoms with Gasteiger partial charge in [0.25, 0.3) is 0 Å². The third kappa shape index (κ3) is 4.19. The van der Waals surface area contributed by atoms with Crippen LogP contribution in [0.25, 0.3) is 0 Å². The predicted octanol–water partition coefficient (Wildman–Crippen LogP) is 2.27. The fourth-order valence-electron chi connectivity index (χ4n) is 3.84. The Morgan fingerprint density at radius 2 is 1.81 bits per heavy atom. The van der Waals surface area contributed by atoms with Crippen LogP contribution >= 0.6 is 0 Å². The highest BCUT2D eigenvalue weighted by molar-refractivity contribution is 5.86. The summed E-state index contributed by atoms with van der Waals surface area (Å²) in [4.78, 5) is 14.6. The maximum atomic E-state index is 12.2. The molecule has 1 unspecified atom stereocenters. The van der Waals surface area contributed by atoms with Crippen molar-refractivity contribution in [2.75, 3.05) is 20.1 Å². The third-order valence-electron chi connectivity index (χ3n) is 5.35. The van der Waals surface area contributed by atoms with E-state index in [2.05, 4.69) is 24.2 Å². The molecule has 1 amide bonds. The zero-order valence-corrected chi connectivity index (χ0v) is 13.9. The quantitative estimate of drug-likeness (QED) is 0.675. The summed E-state index contributed by atoms with van der Waals surface area (Å²) in [5.41, 5.74) is 5.33. The fourth-order valence-corrected chi connectivity index (χ4v) is 3.84. The molecular formula is C17H33N3O. The molecule has 2 fully saturated rings. The number of nitrogens with zero attached hydrogens (tertiary/aromatic N) is 1. The average Bonchev–Trinajstić information content (AvgIpc) is 3.28. The highest BCUT2D eigenvalue weighted by Crippen LogP contribution is 2.40. The lowest BCUT2D eigenvalue weighted by molar-refractivity contribution is -0.126. The molecule has 0 aromatic carbocycles. The SMILES string of the molecule is CCCNC(CN(C)C1CCCCCC1)(C(N)=O)C1CC1. The summed E-state index contributed by atoms with van der Waals surface area (Å²) in [5, 5.41) is 3.51. The van der Waals surface area contributed by atoms with Crippen LogP contribution in [0.15, 0.2) is 0 Å². The topological polar surface area (TPSA) is 58.4 Å². The molecule has 0 aliphatic heterocycles. The van der Waals surface area contributed by atoms with Gasteiger partial charge in [-0.05, 0) is 51.6 Å². The molecule has 4 heteroatoms. The van der Waals surface area contributed by atoms with E-state index < -0.39 is 5.54 Å². The van der Waals surface area contributed by atoms with Crippen molar-refractivity contribution in [3.05, 3.63) is 0 Å². The molecule has 4 nitrogen and oxygen atoms in total. The number of likely N-dealkylation sites (N-methyl/N-ethyl adjacent to an activating group) is 1. The van der Waals surface area contributed by atoms with E-state index >= 15 is 0 Å². The molecule has 2 rings (SSSR count). The van der Waals surface area contributed by atoms with Gasteiger partial charge in [0, 0.05) is 12.6 Å². The van der Waals surface area contributed by atoms with Crippen LogP contribution in [-0.4, -0.2) is 42.5 Å². The summed E-state index contributed by atoms with van der Waals surface area (Å²) in [7, 11) is 2.18. The first-order chi connectivity index (χ1) is 10.1. The number of carbonyl (C=O) groups excluding carboxylic acids is 1. The van der Waals surface area contributed by atoms with Crippen LogP contribution in [0.2, 0.25) is 0 Å². The summed E-state index contributed by atoms with van der Waals surface area (Å²) in [6, 6.07) is 0.619. The molecule has 0 aromatic rings. The van der Waals surface area contributed by atoms with Crippen LogP contribution in [0.3, 0.4) is 0 Å². The summed E-state index contributed by atoms with van der Waals surface area (Å²) >= 11 is 0. The van der Waals surface area contributed by atoms with Gasteiger partial charge >= 0.3 is 0 Å². The number of hydrogen-bond donors (Lipinski definition) is 2. The Balaban J connectivity index is 2.03. The molecule has 1 atom stereocenters. The van der Waals surface area contributed by atoms with Crippen molar-refractivity contribution in [1.29, 1.82) is 0 Å². The number of nitrogens with one attached hydrogen (secondary N) is 1. The lowest BCUT2D eigenvalue weighted by Gasteiger charge is -2.39. The van der Waals surface area contributed by atoms with E-state index in [0.717, 1.165) is 32.4 Å². The van der Waals surface area contributed by atoms with Gasteiger partial charge in [-0.1, -0.05) is 32.6 Å². The van der Waals surface area contributed by atoms with Crippen LogP contribution in [0.4, 0.5) is 0 Å². The summed E-state index contributed by atoms with van der Waals surface area (Å²) in [5.74, 6) is 0.286. The Hall–Kier alpha value is -0.610.